The molecular weight excluding hydrogens is 226 g/mol. The molecule has 18 heavy (non-hydrogen) atoms. The third-order valence-corrected chi connectivity index (χ3v) is 2.92. The first-order valence-corrected chi connectivity index (χ1v) is 6.56. The first kappa shape index (κ1) is 14.5. The molecule has 0 spiro atoms. The van der Waals surface area contributed by atoms with E-state index >= 15 is 0 Å². The fraction of sp³-hybridized carbons (Fsp3) is 0.500. The summed E-state index contributed by atoms with van der Waals surface area (Å²) in [5, 5.41) is 15.2. The van der Waals surface area contributed by atoms with Crippen molar-refractivity contribution in [3.8, 4) is 0 Å². The summed E-state index contributed by atoms with van der Waals surface area (Å²) in [7, 11) is 0. The van der Waals surface area contributed by atoms with Crippen molar-refractivity contribution in [1.82, 2.24) is 5.32 Å². The number of nitrogens with two attached hydrogens (primary N) is 1. The van der Waals surface area contributed by atoms with Gasteiger partial charge in [0.25, 0.3) is 0 Å². The maximum Gasteiger partial charge on any atom is 0.170 e. The lowest BCUT2D eigenvalue weighted by atomic mass is 10.1. The lowest BCUT2D eigenvalue weighted by Gasteiger charge is -2.09. The fourth-order valence-electron chi connectivity index (χ4n) is 1.88. The maximum absolute atomic E-state index is 8.72. The van der Waals surface area contributed by atoms with Crippen molar-refractivity contribution in [3.63, 3.8) is 0 Å². The zero-order valence-electron chi connectivity index (χ0n) is 11.0. The molecule has 0 aliphatic carbocycles. The van der Waals surface area contributed by atoms with E-state index in [1.165, 1.54) is 25.7 Å². The van der Waals surface area contributed by atoms with Crippen molar-refractivity contribution in [2.24, 2.45) is 10.9 Å². The molecule has 0 saturated heterocycles. The van der Waals surface area contributed by atoms with Crippen LogP contribution in [0.2, 0.25) is 0 Å². The lowest BCUT2D eigenvalue weighted by molar-refractivity contribution is 0.318. The molecule has 0 bridgehead atoms. The van der Waals surface area contributed by atoms with Gasteiger partial charge < -0.3 is 16.3 Å². The SMILES string of the molecule is CCCCCCNCc1ccccc1C(N)=NO. The van der Waals surface area contributed by atoms with Crippen molar-refractivity contribution in [2.75, 3.05) is 6.54 Å². The zero-order valence-corrected chi connectivity index (χ0v) is 11.0. The Morgan fingerprint density at radius 2 is 2.06 bits per heavy atom. The topological polar surface area (TPSA) is 70.6 Å². The summed E-state index contributed by atoms with van der Waals surface area (Å²) in [6, 6.07) is 7.70. The summed E-state index contributed by atoms with van der Waals surface area (Å²) in [5.74, 6) is 0.165. The summed E-state index contributed by atoms with van der Waals surface area (Å²) >= 11 is 0. The van der Waals surface area contributed by atoms with Gasteiger partial charge in [0, 0.05) is 12.1 Å². The van der Waals surface area contributed by atoms with Crippen LogP contribution in [0.25, 0.3) is 0 Å². The number of hydrogen-bond acceptors (Lipinski definition) is 3. The standard InChI is InChI=1S/C14H23N3O/c1-2-3-4-7-10-16-11-12-8-5-6-9-13(12)14(15)17-18/h5-6,8-9,16,18H,2-4,7,10-11H2,1H3,(H2,15,17). The molecule has 0 aliphatic heterocycles. The monoisotopic (exact) mass is 249 g/mol. The van der Waals surface area contributed by atoms with Gasteiger partial charge in [-0.1, -0.05) is 55.6 Å². The third kappa shape index (κ3) is 4.75. The number of benzene rings is 1. The highest BCUT2D eigenvalue weighted by Crippen LogP contribution is 2.08. The van der Waals surface area contributed by atoms with Crippen molar-refractivity contribution >= 4 is 5.84 Å². The Labute approximate surface area is 109 Å². The normalized spacial score (nSPS) is 11.7. The molecule has 4 N–H and O–H groups in total. The average Bonchev–Trinajstić information content (AvgIpc) is 2.42. The molecule has 0 amide bonds. The van der Waals surface area contributed by atoms with E-state index < -0.39 is 0 Å². The number of rotatable bonds is 8. The highest BCUT2D eigenvalue weighted by molar-refractivity contribution is 5.98. The second-order valence-electron chi connectivity index (χ2n) is 4.38. The summed E-state index contributed by atoms with van der Waals surface area (Å²) in [4.78, 5) is 0. The Balaban J connectivity index is 2.42. The van der Waals surface area contributed by atoms with E-state index in [2.05, 4.69) is 17.4 Å². The lowest BCUT2D eigenvalue weighted by Crippen LogP contribution is -2.20. The van der Waals surface area contributed by atoms with Crippen LogP contribution in [0.5, 0.6) is 0 Å². The quantitative estimate of drug-likeness (QED) is 0.218. The second-order valence-corrected chi connectivity index (χ2v) is 4.38. The number of oxime groups is 1. The Hall–Kier alpha value is -1.55. The first-order valence-electron chi connectivity index (χ1n) is 6.56. The van der Waals surface area contributed by atoms with Crippen LogP contribution >= 0.6 is 0 Å². The molecule has 4 nitrogen and oxygen atoms in total. The maximum atomic E-state index is 8.72. The molecule has 1 aromatic rings. The first-order chi connectivity index (χ1) is 8.79. The van der Waals surface area contributed by atoms with Crippen molar-refractivity contribution in [1.29, 1.82) is 0 Å². The molecule has 0 atom stereocenters. The summed E-state index contributed by atoms with van der Waals surface area (Å²) in [5.41, 5.74) is 7.49. The van der Waals surface area contributed by atoms with Crippen LogP contribution in [0.15, 0.2) is 29.4 Å². The van der Waals surface area contributed by atoms with E-state index in [4.69, 9.17) is 10.9 Å². The minimum Gasteiger partial charge on any atom is -0.409 e. The highest BCUT2D eigenvalue weighted by Gasteiger charge is 2.05. The van der Waals surface area contributed by atoms with E-state index in [-0.39, 0.29) is 5.84 Å². The number of nitrogens with zero attached hydrogens (tertiary/aromatic N) is 1. The Morgan fingerprint density at radius 1 is 1.28 bits per heavy atom. The Kier molecular flexibility index (Phi) is 6.87. The summed E-state index contributed by atoms with van der Waals surface area (Å²) < 4.78 is 0. The van der Waals surface area contributed by atoms with Crippen molar-refractivity contribution < 1.29 is 5.21 Å². The molecule has 0 heterocycles. The van der Waals surface area contributed by atoms with E-state index in [9.17, 15) is 0 Å². The van der Waals surface area contributed by atoms with Gasteiger partial charge in [0.1, 0.15) is 0 Å². The van der Waals surface area contributed by atoms with Gasteiger partial charge in [0.2, 0.25) is 0 Å². The van der Waals surface area contributed by atoms with Gasteiger partial charge in [-0.2, -0.15) is 0 Å². The van der Waals surface area contributed by atoms with E-state index in [1.54, 1.807) is 0 Å². The van der Waals surface area contributed by atoms with Crippen LogP contribution in [0.4, 0.5) is 0 Å². The fourth-order valence-corrected chi connectivity index (χ4v) is 1.88. The van der Waals surface area contributed by atoms with Crippen LogP contribution in [0.3, 0.4) is 0 Å². The third-order valence-electron chi connectivity index (χ3n) is 2.92. The molecule has 1 rings (SSSR count). The zero-order chi connectivity index (χ0) is 13.2. The number of nitrogens with one attached hydrogen (secondary N) is 1. The molecule has 100 valence electrons. The Morgan fingerprint density at radius 3 is 2.78 bits per heavy atom. The van der Waals surface area contributed by atoms with Gasteiger partial charge in [-0.05, 0) is 18.5 Å². The van der Waals surface area contributed by atoms with Crippen molar-refractivity contribution in [2.45, 2.75) is 39.2 Å². The van der Waals surface area contributed by atoms with Gasteiger partial charge >= 0.3 is 0 Å². The summed E-state index contributed by atoms with van der Waals surface area (Å²) in [6.45, 7) is 3.96. The van der Waals surface area contributed by atoms with Crippen LogP contribution in [-0.2, 0) is 6.54 Å². The summed E-state index contributed by atoms with van der Waals surface area (Å²) in [6.07, 6.45) is 5.01. The molecule has 4 heteroatoms. The second kappa shape index (κ2) is 8.53. The highest BCUT2D eigenvalue weighted by atomic mass is 16.4. The number of hydrogen-bond donors (Lipinski definition) is 3. The van der Waals surface area contributed by atoms with E-state index in [0.717, 1.165) is 24.2 Å². The van der Waals surface area contributed by atoms with E-state index in [1.807, 2.05) is 24.3 Å². The van der Waals surface area contributed by atoms with Crippen LogP contribution in [0, 0.1) is 0 Å². The molecule has 0 unspecified atom stereocenters. The van der Waals surface area contributed by atoms with Crippen LogP contribution in [-0.4, -0.2) is 17.6 Å². The molecule has 1 aromatic carbocycles. The molecule has 0 aliphatic rings. The smallest absolute Gasteiger partial charge is 0.170 e. The average molecular weight is 249 g/mol. The van der Waals surface area contributed by atoms with Crippen LogP contribution in [0.1, 0.15) is 43.7 Å². The van der Waals surface area contributed by atoms with E-state index in [0.29, 0.717) is 0 Å². The molecule has 0 saturated carbocycles. The molecule has 0 fully saturated rings. The minimum absolute atomic E-state index is 0.165. The molecule has 0 aromatic heterocycles. The molecular formula is C14H23N3O. The number of amidine groups is 1. The Bertz CT molecular complexity index is 377. The van der Waals surface area contributed by atoms with Gasteiger partial charge in [-0.3, -0.25) is 0 Å². The van der Waals surface area contributed by atoms with Crippen LogP contribution < -0.4 is 11.1 Å². The van der Waals surface area contributed by atoms with Gasteiger partial charge in [0.15, 0.2) is 5.84 Å². The molecule has 0 radical (unpaired) electrons. The van der Waals surface area contributed by atoms with Gasteiger partial charge in [-0.25, -0.2) is 0 Å². The predicted octanol–water partition coefficient (Wildman–Crippen LogP) is 2.45. The van der Waals surface area contributed by atoms with Gasteiger partial charge in [-0.15, -0.1) is 0 Å². The van der Waals surface area contributed by atoms with Gasteiger partial charge in [0.05, 0.1) is 0 Å². The number of unbranched alkanes of at least 4 members (excludes halogenated alkanes) is 3. The largest absolute Gasteiger partial charge is 0.409 e. The minimum atomic E-state index is 0.165. The van der Waals surface area contributed by atoms with Crippen molar-refractivity contribution in [3.05, 3.63) is 35.4 Å². The predicted molar refractivity (Wildman–Crippen MR) is 74.8 cm³/mol.